The Morgan fingerprint density at radius 3 is 2.43 bits per heavy atom. The number of hydrogen-bond donors (Lipinski definition) is 0. The highest BCUT2D eigenvalue weighted by molar-refractivity contribution is 9.09. The Hall–Kier alpha value is -1.62. The molecule has 2 nitrogen and oxygen atoms in total. The molecule has 0 aliphatic rings. The van der Waals surface area contributed by atoms with Crippen LogP contribution in [0.25, 0.3) is 0 Å². The number of hydrogen-bond acceptors (Lipinski definition) is 2. The molecule has 1 unspecified atom stereocenters. The Bertz CT molecular complexity index is 632. The summed E-state index contributed by atoms with van der Waals surface area (Å²) in [6.45, 7) is 0. The quantitative estimate of drug-likeness (QED) is 0.725. The lowest BCUT2D eigenvalue weighted by atomic mass is 10.0. The van der Waals surface area contributed by atoms with Gasteiger partial charge in [0.1, 0.15) is 0 Å². The van der Waals surface area contributed by atoms with Crippen molar-refractivity contribution in [1.29, 1.82) is 0 Å². The zero-order valence-corrected chi connectivity index (χ0v) is 13.3. The standard InChI is InChI=1S/C16H15BrF2O2/c1-20-14-7-6-10(9-15(14)21-2)8-12(17)11-4-3-5-13(18)16(11)19/h3-7,9,12H,8H2,1-2H3. The first-order valence-corrected chi connectivity index (χ1v) is 7.27. The Kier molecular flexibility index (Phi) is 5.17. The van der Waals surface area contributed by atoms with E-state index >= 15 is 0 Å². The maximum Gasteiger partial charge on any atom is 0.163 e. The third-order valence-electron chi connectivity index (χ3n) is 3.18. The van der Waals surface area contributed by atoms with E-state index in [2.05, 4.69) is 15.9 Å². The van der Waals surface area contributed by atoms with Crippen LogP contribution in [-0.4, -0.2) is 14.2 Å². The highest BCUT2D eigenvalue weighted by atomic mass is 79.9. The van der Waals surface area contributed by atoms with Gasteiger partial charge in [-0.3, -0.25) is 0 Å². The monoisotopic (exact) mass is 356 g/mol. The van der Waals surface area contributed by atoms with Gasteiger partial charge in [-0.25, -0.2) is 8.78 Å². The molecule has 5 heteroatoms. The average molecular weight is 357 g/mol. The lowest BCUT2D eigenvalue weighted by Gasteiger charge is -2.14. The summed E-state index contributed by atoms with van der Waals surface area (Å²) < 4.78 is 37.4. The molecule has 0 N–H and O–H groups in total. The molecule has 112 valence electrons. The fourth-order valence-corrected chi connectivity index (χ4v) is 2.81. The van der Waals surface area contributed by atoms with Crippen molar-refractivity contribution in [3.63, 3.8) is 0 Å². The van der Waals surface area contributed by atoms with E-state index in [-0.39, 0.29) is 4.83 Å². The number of methoxy groups -OCH3 is 2. The second-order valence-electron chi connectivity index (χ2n) is 4.50. The number of rotatable bonds is 5. The number of ether oxygens (including phenoxy) is 2. The van der Waals surface area contributed by atoms with Gasteiger partial charge in [-0.15, -0.1) is 0 Å². The van der Waals surface area contributed by atoms with Gasteiger partial charge in [-0.2, -0.15) is 0 Å². The first-order chi connectivity index (χ1) is 10.1. The summed E-state index contributed by atoms with van der Waals surface area (Å²) >= 11 is 3.41. The molecule has 0 radical (unpaired) electrons. The van der Waals surface area contributed by atoms with E-state index in [9.17, 15) is 8.78 Å². The molecule has 0 spiro atoms. The van der Waals surface area contributed by atoms with Crippen molar-refractivity contribution in [2.75, 3.05) is 14.2 Å². The van der Waals surface area contributed by atoms with Crippen LogP contribution in [0.15, 0.2) is 36.4 Å². The molecule has 21 heavy (non-hydrogen) atoms. The zero-order valence-electron chi connectivity index (χ0n) is 11.7. The number of benzene rings is 2. The highest BCUT2D eigenvalue weighted by Crippen LogP contribution is 2.33. The van der Waals surface area contributed by atoms with Crippen LogP contribution >= 0.6 is 15.9 Å². The first kappa shape index (κ1) is 15.8. The third kappa shape index (κ3) is 3.53. The summed E-state index contributed by atoms with van der Waals surface area (Å²) in [6, 6.07) is 9.65. The van der Waals surface area contributed by atoms with Crippen molar-refractivity contribution in [2.24, 2.45) is 0 Å². The maximum atomic E-state index is 13.8. The number of halogens is 3. The van der Waals surface area contributed by atoms with Gasteiger partial charge in [-0.1, -0.05) is 34.1 Å². The van der Waals surface area contributed by atoms with Gasteiger partial charge in [0.2, 0.25) is 0 Å². The van der Waals surface area contributed by atoms with E-state index in [0.717, 1.165) is 11.6 Å². The lowest BCUT2D eigenvalue weighted by molar-refractivity contribution is 0.354. The van der Waals surface area contributed by atoms with Crippen molar-refractivity contribution in [3.05, 3.63) is 59.2 Å². The lowest BCUT2D eigenvalue weighted by Crippen LogP contribution is -2.01. The van der Waals surface area contributed by atoms with Gasteiger partial charge >= 0.3 is 0 Å². The van der Waals surface area contributed by atoms with Crippen LogP contribution < -0.4 is 9.47 Å². The van der Waals surface area contributed by atoms with E-state index in [1.54, 1.807) is 26.4 Å². The van der Waals surface area contributed by atoms with Crippen LogP contribution in [0.5, 0.6) is 11.5 Å². The molecular formula is C16H15BrF2O2. The van der Waals surface area contributed by atoms with Crippen molar-refractivity contribution >= 4 is 15.9 Å². The summed E-state index contributed by atoms with van der Waals surface area (Å²) in [5.74, 6) is -0.428. The first-order valence-electron chi connectivity index (χ1n) is 6.35. The summed E-state index contributed by atoms with van der Waals surface area (Å²) in [5.41, 5.74) is 1.22. The number of alkyl halides is 1. The van der Waals surface area contributed by atoms with E-state index < -0.39 is 11.6 Å². The average Bonchev–Trinajstić information content (AvgIpc) is 2.49. The largest absolute Gasteiger partial charge is 0.493 e. The Morgan fingerprint density at radius 1 is 1.05 bits per heavy atom. The Morgan fingerprint density at radius 2 is 1.76 bits per heavy atom. The van der Waals surface area contributed by atoms with Crippen LogP contribution in [0.2, 0.25) is 0 Å². The molecule has 0 saturated carbocycles. The van der Waals surface area contributed by atoms with Crippen LogP contribution in [0, 0.1) is 11.6 Å². The van der Waals surface area contributed by atoms with Crippen LogP contribution in [0.4, 0.5) is 8.78 Å². The van der Waals surface area contributed by atoms with Gasteiger partial charge in [-0.05, 0) is 30.2 Å². The van der Waals surface area contributed by atoms with Gasteiger partial charge in [0, 0.05) is 10.4 Å². The molecule has 0 aliphatic heterocycles. The maximum absolute atomic E-state index is 13.8. The zero-order chi connectivity index (χ0) is 15.4. The molecule has 0 fully saturated rings. The van der Waals surface area contributed by atoms with Gasteiger partial charge in [0.05, 0.1) is 14.2 Å². The van der Waals surface area contributed by atoms with Crippen molar-refractivity contribution in [2.45, 2.75) is 11.2 Å². The minimum atomic E-state index is -0.843. The normalized spacial score (nSPS) is 12.0. The van der Waals surface area contributed by atoms with Gasteiger partial charge in [0.25, 0.3) is 0 Å². The molecule has 2 aromatic carbocycles. The Labute approximate surface area is 130 Å². The van der Waals surface area contributed by atoms with Gasteiger partial charge < -0.3 is 9.47 Å². The molecule has 0 bridgehead atoms. The molecule has 1 atom stereocenters. The highest BCUT2D eigenvalue weighted by Gasteiger charge is 2.17. The smallest absolute Gasteiger partial charge is 0.163 e. The summed E-state index contributed by atoms with van der Waals surface area (Å²) in [5, 5.41) is 0. The van der Waals surface area contributed by atoms with Crippen molar-refractivity contribution < 1.29 is 18.3 Å². The summed E-state index contributed by atoms with van der Waals surface area (Å²) in [4.78, 5) is -0.327. The Balaban J connectivity index is 2.23. The van der Waals surface area contributed by atoms with E-state index in [4.69, 9.17) is 9.47 Å². The topological polar surface area (TPSA) is 18.5 Å². The van der Waals surface area contributed by atoms with Crippen molar-refractivity contribution in [1.82, 2.24) is 0 Å². The van der Waals surface area contributed by atoms with Crippen LogP contribution in [-0.2, 0) is 6.42 Å². The second-order valence-corrected chi connectivity index (χ2v) is 5.61. The fourth-order valence-electron chi connectivity index (χ4n) is 2.09. The van der Waals surface area contributed by atoms with Crippen LogP contribution in [0.3, 0.4) is 0 Å². The van der Waals surface area contributed by atoms with E-state index in [1.165, 1.54) is 6.07 Å². The molecule has 0 saturated heterocycles. The predicted molar refractivity (Wildman–Crippen MR) is 81.3 cm³/mol. The minimum absolute atomic E-state index is 0.296. The summed E-state index contributed by atoms with van der Waals surface area (Å²) in [6.07, 6.45) is 0.501. The second kappa shape index (κ2) is 6.89. The van der Waals surface area contributed by atoms with E-state index in [1.807, 2.05) is 12.1 Å². The van der Waals surface area contributed by atoms with Gasteiger partial charge in [0.15, 0.2) is 23.1 Å². The molecular weight excluding hydrogens is 342 g/mol. The fraction of sp³-hybridized carbons (Fsp3) is 0.250. The third-order valence-corrected chi connectivity index (χ3v) is 4.00. The molecule has 0 amide bonds. The molecule has 0 aromatic heterocycles. The minimum Gasteiger partial charge on any atom is -0.493 e. The SMILES string of the molecule is COc1ccc(CC(Br)c2cccc(F)c2F)cc1OC. The molecule has 2 aromatic rings. The predicted octanol–water partition coefficient (Wildman–Crippen LogP) is 4.66. The molecule has 0 aliphatic carbocycles. The van der Waals surface area contributed by atoms with E-state index in [0.29, 0.717) is 23.5 Å². The molecule has 0 heterocycles. The molecule has 2 rings (SSSR count). The van der Waals surface area contributed by atoms with Crippen molar-refractivity contribution in [3.8, 4) is 11.5 Å². The van der Waals surface area contributed by atoms with Crippen LogP contribution in [0.1, 0.15) is 16.0 Å². The summed E-state index contributed by atoms with van der Waals surface area (Å²) in [7, 11) is 3.12.